The molecule has 4 aromatic carbocycles. The van der Waals surface area contributed by atoms with Crippen LogP contribution in [0.5, 0.6) is 17.4 Å². The molecule has 238 valence electrons. The first-order valence-corrected chi connectivity index (χ1v) is 15.9. The molecule has 46 heavy (non-hydrogen) atoms. The second-order valence-electron chi connectivity index (χ2n) is 10.3. The lowest BCUT2D eigenvalue weighted by atomic mass is 10.1. The zero-order valence-corrected chi connectivity index (χ0v) is 26.9. The van der Waals surface area contributed by atoms with Gasteiger partial charge in [0.15, 0.2) is 0 Å². The van der Waals surface area contributed by atoms with Crippen molar-refractivity contribution in [3.8, 4) is 17.4 Å². The van der Waals surface area contributed by atoms with Crippen molar-refractivity contribution in [3.63, 3.8) is 0 Å². The highest BCUT2D eigenvalue weighted by Gasteiger charge is 2.29. The Morgan fingerprint density at radius 3 is 1.98 bits per heavy atom. The highest BCUT2D eigenvalue weighted by molar-refractivity contribution is 7.89. The van der Waals surface area contributed by atoms with Gasteiger partial charge >= 0.3 is 0 Å². The number of nitrogens with one attached hydrogen (secondary N) is 1. The molecule has 0 atom stereocenters. The zero-order valence-electron chi connectivity index (χ0n) is 25.3. The summed E-state index contributed by atoms with van der Waals surface area (Å²) in [5.74, 6) is 0.469. The van der Waals surface area contributed by atoms with E-state index in [9.17, 15) is 17.6 Å². The first-order chi connectivity index (χ1) is 22.1. The Morgan fingerprint density at radius 1 is 0.826 bits per heavy atom. The van der Waals surface area contributed by atoms with Gasteiger partial charge in [0.1, 0.15) is 17.3 Å². The van der Waals surface area contributed by atoms with Gasteiger partial charge in [0, 0.05) is 40.8 Å². The summed E-state index contributed by atoms with van der Waals surface area (Å²) in [6, 6.07) is 22.7. The predicted octanol–water partition coefficient (Wildman–Crippen LogP) is 6.63. The summed E-state index contributed by atoms with van der Waals surface area (Å²) in [7, 11) is 0.311. The summed E-state index contributed by atoms with van der Waals surface area (Å²) in [6.07, 6.45) is 1.30. The fourth-order valence-corrected chi connectivity index (χ4v) is 6.83. The molecule has 0 aliphatic rings. The molecule has 0 bridgehead atoms. The van der Waals surface area contributed by atoms with Gasteiger partial charge in [-0.25, -0.2) is 17.8 Å². The Kier molecular flexibility index (Phi) is 10.1. The fraction of sp³-hybridized carbons (Fsp3) is 0.176. The SMILES string of the molecule is COc1ccc(CN(Cc2ccc(OC)cc2)S(=O)(=O)c2cc(NC(=O)Cc3ccc(F)cc3Cl)cc3c(OC)nccc23)cc1. The van der Waals surface area contributed by atoms with Crippen LogP contribution in [-0.2, 0) is 34.3 Å². The van der Waals surface area contributed by atoms with E-state index < -0.39 is 21.7 Å². The molecule has 5 aromatic rings. The molecule has 12 heteroatoms. The second-order valence-corrected chi connectivity index (χ2v) is 12.6. The van der Waals surface area contributed by atoms with Crippen LogP contribution in [0, 0.1) is 5.82 Å². The number of hydrogen-bond acceptors (Lipinski definition) is 7. The first kappa shape index (κ1) is 32.7. The van der Waals surface area contributed by atoms with Crippen molar-refractivity contribution < 1.29 is 31.8 Å². The molecule has 5 rings (SSSR count). The normalized spacial score (nSPS) is 11.4. The number of methoxy groups -OCH3 is 3. The first-order valence-electron chi connectivity index (χ1n) is 14.1. The molecule has 0 unspecified atom stereocenters. The Labute approximate surface area is 271 Å². The largest absolute Gasteiger partial charge is 0.497 e. The van der Waals surface area contributed by atoms with Crippen LogP contribution in [-0.4, -0.2) is 44.9 Å². The van der Waals surface area contributed by atoms with E-state index in [0.717, 1.165) is 17.2 Å². The number of pyridine rings is 1. The molecule has 0 aliphatic heterocycles. The van der Waals surface area contributed by atoms with Crippen molar-refractivity contribution >= 4 is 44.0 Å². The summed E-state index contributed by atoms with van der Waals surface area (Å²) >= 11 is 6.14. The van der Waals surface area contributed by atoms with Crippen LogP contribution in [0.4, 0.5) is 10.1 Å². The van der Waals surface area contributed by atoms with Crippen molar-refractivity contribution in [1.29, 1.82) is 0 Å². The highest BCUT2D eigenvalue weighted by atomic mass is 35.5. The van der Waals surface area contributed by atoms with E-state index in [1.165, 1.54) is 35.8 Å². The third-order valence-electron chi connectivity index (χ3n) is 7.30. The lowest BCUT2D eigenvalue weighted by Crippen LogP contribution is -2.30. The van der Waals surface area contributed by atoms with Gasteiger partial charge in [0.2, 0.25) is 21.8 Å². The number of amides is 1. The Morgan fingerprint density at radius 2 is 1.43 bits per heavy atom. The number of ether oxygens (including phenoxy) is 3. The lowest BCUT2D eigenvalue weighted by Gasteiger charge is -2.24. The summed E-state index contributed by atoms with van der Waals surface area (Å²) in [6.45, 7) is 0.0867. The smallest absolute Gasteiger partial charge is 0.244 e. The minimum atomic E-state index is -4.24. The Hall–Kier alpha value is -4.71. The number of nitrogens with zero attached hydrogens (tertiary/aromatic N) is 2. The summed E-state index contributed by atoms with van der Waals surface area (Å²) in [4.78, 5) is 17.3. The lowest BCUT2D eigenvalue weighted by molar-refractivity contribution is -0.115. The Balaban J connectivity index is 1.57. The third-order valence-corrected chi connectivity index (χ3v) is 9.49. The van der Waals surface area contributed by atoms with Crippen molar-refractivity contribution in [1.82, 2.24) is 9.29 Å². The van der Waals surface area contributed by atoms with Crippen LogP contribution in [0.25, 0.3) is 10.8 Å². The molecule has 1 N–H and O–H groups in total. The van der Waals surface area contributed by atoms with Crippen molar-refractivity contribution in [3.05, 3.63) is 119 Å². The van der Waals surface area contributed by atoms with Crippen LogP contribution in [0.1, 0.15) is 16.7 Å². The molecule has 0 saturated heterocycles. The van der Waals surface area contributed by atoms with Gasteiger partial charge < -0.3 is 19.5 Å². The number of hydrogen-bond donors (Lipinski definition) is 1. The standard InChI is InChI=1S/C34H31ClFN3O6S/c1-43-27-10-4-22(5-11-27)20-39(21-23-6-12-28(44-2)13-7-23)46(41,42)32-19-26(18-30-29(32)14-15-37-34(30)45-3)38-33(40)16-24-8-9-25(36)17-31(24)35/h4-15,17-19H,16,20-21H2,1-3H3,(H,38,40). The van der Waals surface area contributed by atoms with Crippen LogP contribution < -0.4 is 19.5 Å². The van der Waals surface area contributed by atoms with Crippen LogP contribution in [0.3, 0.4) is 0 Å². The maximum absolute atomic E-state index is 14.7. The van der Waals surface area contributed by atoms with E-state index in [1.807, 2.05) is 0 Å². The maximum atomic E-state index is 14.7. The second kappa shape index (κ2) is 14.2. The number of sulfonamides is 1. The maximum Gasteiger partial charge on any atom is 0.244 e. The Bertz CT molecular complexity index is 1920. The number of aromatic nitrogens is 1. The van der Waals surface area contributed by atoms with Gasteiger partial charge in [-0.15, -0.1) is 0 Å². The van der Waals surface area contributed by atoms with E-state index in [-0.39, 0.29) is 41.0 Å². The average molecular weight is 664 g/mol. The molecule has 1 amide bonds. The van der Waals surface area contributed by atoms with E-state index in [0.29, 0.717) is 27.8 Å². The molecule has 1 heterocycles. The van der Waals surface area contributed by atoms with Crippen LogP contribution >= 0.6 is 11.6 Å². The molecule has 0 spiro atoms. The monoisotopic (exact) mass is 663 g/mol. The van der Waals surface area contributed by atoms with Crippen LogP contribution in [0.15, 0.2) is 96.0 Å². The summed E-state index contributed by atoms with van der Waals surface area (Å²) in [5.41, 5.74) is 2.09. The van der Waals surface area contributed by atoms with Crippen molar-refractivity contribution in [2.45, 2.75) is 24.4 Å². The average Bonchev–Trinajstić information content (AvgIpc) is 3.05. The fourth-order valence-electron chi connectivity index (χ4n) is 4.95. The van der Waals surface area contributed by atoms with Crippen molar-refractivity contribution in [2.75, 3.05) is 26.6 Å². The van der Waals surface area contributed by atoms with Gasteiger partial charge in [-0.1, -0.05) is 41.9 Å². The van der Waals surface area contributed by atoms with Gasteiger partial charge in [-0.3, -0.25) is 4.79 Å². The summed E-state index contributed by atoms with van der Waals surface area (Å²) < 4.78 is 60.2. The number of carbonyl (C=O) groups excluding carboxylic acids is 1. The molecular weight excluding hydrogens is 633 g/mol. The number of halogens is 2. The van der Waals surface area contributed by atoms with Gasteiger partial charge in [-0.2, -0.15) is 4.31 Å². The molecule has 0 aliphatic carbocycles. The molecular formula is C34H31ClFN3O6S. The number of benzene rings is 4. The molecule has 1 aromatic heterocycles. The third kappa shape index (κ3) is 7.39. The van der Waals surface area contributed by atoms with Gasteiger partial charge in [0.05, 0.1) is 32.6 Å². The number of fused-ring (bicyclic) bond motifs is 1. The van der Waals surface area contributed by atoms with Gasteiger partial charge in [0.25, 0.3) is 0 Å². The van der Waals surface area contributed by atoms with Crippen LogP contribution in [0.2, 0.25) is 5.02 Å². The van der Waals surface area contributed by atoms with E-state index in [4.69, 9.17) is 25.8 Å². The molecule has 0 saturated carbocycles. The quantitative estimate of drug-likeness (QED) is 0.160. The zero-order chi connectivity index (χ0) is 32.8. The number of carbonyl (C=O) groups is 1. The topological polar surface area (TPSA) is 107 Å². The van der Waals surface area contributed by atoms with E-state index in [1.54, 1.807) is 74.9 Å². The molecule has 9 nitrogen and oxygen atoms in total. The molecule has 0 radical (unpaired) electrons. The minimum Gasteiger partial charge on any atom is -0.497 e. The minimum absolute atomic E-state index is 0.0434. The number of anilines is 1. The number of rotatable bonds is 12. The van der Waals surface area contributed by atoms with Gasteiger partial charge in [-0.05, 0) is 71.3 Å². The summed E-state index contributed by atoms with van der Waals surface area (Å²) in [5, 5.41) is 3.62. The molecule has 0 fully saturated rings. The predicted molar refractivity (Wildman–Crippen MR) is 174 cm³/mol. The highest BCUT2D eigenvalue weighted by Crippen LogP contribution is 2.35. The van der Waals surface area contributed by atoms with Crippen molar-refractivity contribution in [2.24, 2.45) is 0 Å². The van der Waals surface area contributed by atoms with E-state index >= 15 is 0 Å². The van der Waals surface area contributed by atoms with E-state index in [2.05, 4.69) is 10.3 Å².